The van der Waals surface area contributed by atoms with Crippen LogP contribution >= 0.6 is 0 Å². The van der Waals surface area contributed by atoms with E-state index >= 15 is 0 Å². The molecule has 2 rings (SSSR count). The fourth-order valence-electron chi connectivity index (χ4n) is 4.00. The van der Waals surface area contributed by atoms with Gasteiger partial charge in [0.15, 0.2) is 0 Å². The third kappa shape index (κ3) is 12.5. The molecule has 0 atom stereocenters. The standard InChI is InChI=1S/C33H42F3N3O/c1-24(2)11-6-12-25(3)13-7-14-26(4)15-8-16-27(5)20-22-38-32(40)30-19-10-21-37-31(30)39-29-18-9-17-28(23-29)33(34,35)36/h9-11,13,15,17-21,23H,6-8,12,14,16,22H2,1-5H3,(H,37,39)(H,38,40). The zero-order chi connectivity index (χ0) is 29.5. The van der Waals surface area contributed by atoms with Crippen LogP contribution in [0.25, 0.3) is 0 Å². The Bertz CT molecular complexity index is 1240. The number of aromatic nitrogens is 1. The molecule has 2 aromatic rings. The molecular formula is C33H42F3N3O. The van der Waals surface area contributed by atoms with Gasteiger partial charge in [0.25, 0.3) is 5.91 Å². The highest BCUT2D eigenvalue weighted by molar-refractivity contribution is 5.99. The highest BCUT2D eigenvalue weighted by Crippen LogP contribution is 2.31. The minimum Gasteiger partial charge on any atom is -0.348 e. The summed E-state index contributed by atoms with van der Waals surface area (Å²) in [6.45, 7) is 11.0. The van der Waals surface area contributed by atoms with Gasteiger partial charge in [0.2, 0.25) is 0 Å². The Morgan fingerprint density at radius 2 is 1.43 bits per heavy atom. The fraction of sp³-hybridized carbons (Fsp3) is 0.394. The Morgan fingerprint density at radius 1 is 0.825 bits per heavy atom. The molecule has 0 aliphatic heterocycles. The van der Waals surface area contributed by atoms with E-state index in [1.165, 1.54) is 40.6 Å². The molecule has 4 nitrogen and oxygen atoms in total. The van der Waals surface area contributed by atoms with Gasteiger partial charge in [-0.05, 0) is 103 Å². The van der Waals surface area contributed by atoms with Crippen molar-refractivity contribution in [3.05, 3.63) is 100 Å². The van der Waals surface area contributed by atoms with Crippen LogP contribution in [0.2, 0.25) is 0 Å². The number of alkyl halides is 3. The van der Waals surface area contributed by atoms with Gasteiger partial charge in [-0.3, -0.25) is 4.79 Å². The lowest BCUT2D eigenvalue weighted by Crippen LogP contribution is -2.24. The normalized spacial score (nSPS) is 12.8. The first kappa shape index (κ1) is 32.6. The average Bonchev–Trinajstić information content (AvgIpc) is 2.88. The smallest absolute Gasteiger partial charge is 0.348 e. The van der Waals surface area contributed by atoms with Crippen molar-refractivity contribution in [2.24, 2.45) is 0 Å². The topological polar surface area (TPSA) is 54.0 Å². The number of carbonyl (C=O) groups excluding carboxylic acids is 1. The summed E-state index contributed by atoms with van der Waals surface area (Å²) in [6.07, 6.45) is 12.1. The molecule has 0 fully saturated rings. The number of amides is 1. The summed E-state index contributed by atoms with van der Waals surface area (Å²) >= 11 is 0. The summed E-state index contributed by atoms with van der Waals surface area (Å²) in [5.41, 5.74) is 5.04. The van der Waals surface area contributed by atoms with E-state index in [4.69, 9.17) is 0 Å². The summed E-state index contributed by atoms with van der Waals surface area (Å²) in [5.74, 6) is -0.162. The monoisotopic (exact) mass is 553 g/mol. The van der Waals surface area contributed by atoms with Crippen molar-refractivity contribution < 1.29 is 18.0 Å². The quantitative estimate of drug-likeness (QED) is 0.229. The second-order valence-electron chi connectivity index (χ2n) is 10.4. The molecule has 2 N–H and O–H groups in total. The molecule has 0 spiro atoms. The second-order valence-corrected chi connectivity index (χ2v) is 10.4. The van der Waals surface area contributed by atoms with Crippen LogP contribution in [-0.2, 0) is 6.18 Å². The van der Waals surface area contributed by atoms with Gasteiger partial charge in [-0.25, -0.2) is 4.98 Å². The molecule has 40 heavy (non-hydrogen) atoms. The maximum atomic E-state index is 13.0. The van der Waals surface area contributed by atoms with Crippen molar-refractivity contribution in [2.75, 3.05) is 11.9 Å². The van der Waals surface area contributed by atoms with E-state index in [1.54, 1.807) is 12.1 Å². The summed E-state index contributed by atoms with van der Waals surface area (Å²) in [4.78, 5) is 16.9. The van der Waals surface area contributed by atoms with Crippen molar-refractivity contribution >= 4 is 17.4 Å². The summed E-state index contributed by atoms with van der Waals surface area (Å²) in [6, 6.07) is 8.00. The second kappa shape index (κ2) is 16.5. The van der Waals surface area contributed by atoms with Crippen molar-refractivity contribution in [1.29, 1.82) is 0 Å². The van der Waals surface area contributed by atoms with E-state index in [0.29, 0.717) is 6.54 Å². The molecule has 1 aromatic carbocycles. The van der Waals surface area contributed by atoms with Crippen LogP contribution in [-0.4, -0.2) is 17.4 Å². The van der Waals surface area contributed by atoms with E-state index in [2.05, 4.69) is 61.5 Å². The molecule has 0 saturated carbocycles. The molecule has 0 saturated heterocycles. The average molecular weight is 554 g/mol. The molecule has 1 aromatic heterocycles. The van der Waals surface area contributed by atoms with E-state index in [0.717, 1.165) is 50.7 Å². The summed E-state index contributed by atoms with van der Waals surface area (Å²) in [7, 11) is 0. The minimum absolute atomic E-state index is 0.193. The lowest BCUT2D eigenvalue weighted by atomic mass is 10.0. The first-order valence-corrected chi connectivity index (χ1v) is 13.7. The lowest BCUT2D eigenvalue weighted by Gasteiger charge is -2.13. The number of nitrogens with one attached hydrogen (secondary N) is 2. The number of hydrogen-bond acceptors (Lipinski definition) is 3. The highest BCUT2D eigenvalue weighted by atomic mass is 19.4. The van der Waals surface area contributed by atoms with Gasteiger partial charge in [-0.15, -0.1) is 0 Å². The van der Waals surface area contributed by atoms with Gasteiger partial charge in [0.1, 0.15) is 5.82 Å². The van der Waals surface area contributed by atoms with E-state index < -0.39 is 11.7 Å². The Kier molecular flexibility index (Phi) is 13.4. The summed E-state index contributed by atoms with van der Waals surface area (Å²) < 4.78 is 39.1. The van der Waals surface area contributed by atoms with Crippen molar-refractivity contribution in [3.8, 4) is 0 Å². The molecule has 0 unspecified atom stereocenters. The van der Waals surface area contributed by atoms with Crippen LogP contribution < -0.4 is 10.6 Å². The number of pyridine rings is 1. The van der Waals surface area contributed by atoms with Crippen LogP contribution in [0.5, 0.6) is 0 Å². The van der Waals surface area contributed by atoms with Gasteiger partial charge >= 0.3 is 6.18 Å². The van der Waals surface area contributed by atoms with Gasteiger partial charge in [-0.1, -0.05) is 52.7 Å². The number of rotatable bonds is 14. The molecule has 216 valence electrons. The number of anilines is 2. The first-order valence-electron chi connectivity index (χ1n) is 13.7. The highest BCUT2D eigenvalue weighted by Gasteiger charge is 2.30. The summed E-state index contributed by atoms with van der Waals surface area (Å²) in [5, 5.41) is 5.69. The SMILES string of the molecule is CC(C)=CCCC(C)=CCCC(C)=CCCC(C)=CCNC(=O)c1cccnc1Nc1cccc(C(F)(F)F)c1. The first-order chi connectivity index (χ1) is 19.0. The van der Waals surface area contributed by atoms with Gasteiger partial charge in [-0.2, -0.15) is 13.2 Å². The maximum absolute atomic E-state index is 13.0. The van der Waals surface area contributed by atoms with Gasteiger partial charge in [0, 0.05) is 18.4 Å². The molecule has 1 heterocycles. The fourth-order valence-corrected chi connectivity index (χ4v) is 4.00. The van der Waals surface area contributed by atoms with E-state index in [1.807, 2.05) is 13.0 Å². The van der Waals surface area contributed by atoms with Crippen LogP contribution in [0.3, 0.4) is 0 Å². The number of halogens is 3. The molecule has 7 heteroatoms. The van der Waals surface area contributed by atoms with Crippen LogP contribution in [0.15, 0.2) is 89.2 Å². The molecule has 1 amide bonds. The maximum Gasteiger partial charge on any atom is 0.416 e. The predicted molar refractivity (Wildman–Crippen MR) is 160 cm³/mol. The third-order valence-corrected chi connectivity index (χ3v) is 6.37. The van der Waals surface area contributed by atoms with Crippen LogP contribution in [0.1, 0.15) is 89.1 Å². The zero-order valence-corrected chi connectivity index (χ0v) is 24.3. The van der Waals surface area contributed by atoms with Crippen molar-refractivity contribution in [1.82, 2.24) is 10.3 Å². The van der Waals surface area contributed by atoms with Gasteiger partial charge < -0.3 is 10.6 Å². The van der Waals surface area contributed by atoms with Crippen molar-refractivity contribution in [3.63, 3.8) is 0 Å². The number of hydrogen-bond donors (Lipinski definition) is 2. The van der Waals surface area contributed by atoms with Crippen LogP contribution in [0, 0.1) is 0 Å². The Labute approximate surface area is 237 Å². The predicted octanol–water partition coefficient (Wildman–Crippen LogP) is 9.72. The largest absolute Gasteiger partial charge is 0.416 e. The number of allylic oxidation sites excluding steroid dienone is 7. The molecule has 0 aliphatic carbocycles. The number of nitrogens with zero attached hydrogens (tertiary/aromatic N) is 1. The molecule has 0 bridgehead atoms. The lowest BCUT2D eigenvalue weighted by molar-refractivity contribution is -0.137. The third-order valence-electron chi connectivity index (χ3n) is 6.37. The minimum atomic E-state index is -4.46. The Hall–Kier alpha value is -3.61. The molecular weight excluding hydrogens is 511 g/mol. The Balaban J connectivity index is 1.82. The molecule has 0 radical (unpaired) electrons. The Morgan fingerprint density at radius 3 is 2.02 bits per heavy atom. The van der Waals surface area contributed by atoms with E-state index in [-0.39, 0.29) is 23.0 Å². The number of carbonyl (C=O) groups is 1. The van der Waals surface area contributed by atoms with Crippen LogP contribution in [0.4, 0.5) is 24.7 Å². The number of benzene rings is 1. The van der Waals surface area contributed by atoms with Crippen molar-refractivity contribution in [2.45, 2.75) is 79.3 Å². The zero-order valence-electron chi connectivity index (χ0n) is 24.3. The van der Waals surface area contributed by atoms with E-state index in [9.17, 15) is 18.0 Å². The van der Waals surface area contributed by atoms with Gasteiger partial charge in [0.05, 0.1) is 11.1 Å². The molecule has 0 aliphatic rings.